The number of carbonyl (C=O) groups is 5. The molecule has 1 unspecified atom stereocenters. The number of urea groups is 1. The van der Waals surface area contributed by atoms with Crippen LogP contribution in [-0.4, -0.2) is 172 Å². The fourth-order valence-corrected chi connectivity index (χ4v) is 10.2. The molecule has 346 valence electrons. The van der Waals surface area contributed by atoms with Crippen LogP contribution in [0.2, 0.25) is 0 Å². The lowest BCUT2D eigenvalue weighted by atomic mass is 9.99. The molecule has 0 spiro atoms. The van der Waals surface area contributed by atoms with E-state index in [4.69, 9.17) is 13.9 Å². The first-order valence-electron chi connectivity index (χ1n) is 23.0. The van der Waals surface area contributed by atoms with E-state index in [-0.39, 0.29) is 55.8 Å². The van der Waals surface area contributed by atoms with Crippen LogP contribution in [0.15, 0.2) is 45.6 Å². The van der Waals surface area contributed by atoms with E-state index in [1.54, 1.807) is 27.8 Å². The van der Waals surface area contributed by atoms with E-state index in [0.29, 0.717) is 95.0 Å². The third kappa shape index (κ3) is 10.4. The molecule has 0 bridgehead atoms. The van der Waals surface area contributed by atoms with Crippen molar-refractivity contribution < 1.29 is 43.0 Å². The van der Waals surface area contributed by atoms with Gasteiger partial charge in [0.05, 0.1) is 11.9 Å². The molecule has 2 aromatic carbocycles. The van der Waals surface area contributed by atoms with Gasteiger partial charge in [0.2, 0.25) is 5.91 Å². The molecule has 0 radical (unpaired) electrons. The summed E-state index contributed by atoms with van der Waals surface area (Å²) in [6.45, 7) is 8.14. The Morgan fingerprint density at radius 2 is 1.56 bits per heavy atom. The number of fused-ring (bicyclic) bond motifs is 2. The summed E-state index contributed by atoms with van der Waals surface area (Å²) in [7, 11) is 1.65. The standard InChI is InChI=1S/C46H62N8O10/c1-31-28-32(29-37-42(31)48(2)45(60)63-37)30-38(64-46(61)53-19-14-35(15-20-53)54-21-11-33-6-3-4-7-36(33)47-44(54)59)43(58)52-17-12-34(13-18-52)49-22-24-51(25-23-49)40(56)9-10-41(57)62-27-26-50-16-5-8-39(50)55/h3-4,6-7,28-29,34-35,38-39,55H,5,8-27,30H2,1-2H3,(H,47,59)/t38-,39?/m1/s1. The Balaban J connectivity index is 0.833. The highest BCUT2D eigenvalue weighted by Gasteiger charge is 2.37. The molecule has 3 aromatic rings. The van der Waals surface area contributed by atoms with Gasteiger partial charge in [-0.15, -0.1) is 0 Å². The smallest absolute Gasteiger partial charge is 0.419 e. The number of oxazole rings is 1. The molecule has 4 fully saturated rings. The molecule has 8 rings (SSSR count). The second-order valence-electron chi connectivity index (χ2n) is 17.9. The van der Waals surface area contributed by atoms with Gasteiger partial charge in [-0.2, -0.15) is 0 Å². The molecule has 4 saturated heterocycles. The first-order chi connectivity index (χ1) is 30.9. The number of piperidine rings is 2. The first-order valence-corrected chi connectivity index (χ1v) is 23.0. The Hall–Kier alpha value is -5.46. The van der Waals surface area contributed by atoms with Crippen molar-refractivity contribution in [1.82, 2.24) is 34.0 Å². The fourth-order valence-electron chi connectivity index (χ4n) is 10.2. The highest BCUT2D eigenvalue weighted by molar-refractivity contribution is 5.91. The molecule has 18 heteroatoms. The molecule has 5 amide bonds. The number of rotatable bonds is 12. The number of aliphatic hydroxyl groups is 1. The van der Waals surface area contributed by atoms with E-state index in [1.807, 2.05) is 47.1 Å². The number of esters is 1. The Bertz CT molecular complexity index is 2240. The van der Waals surface area contributed by atoms with Crippen LogP contribution in [0.3, 0.4) is 0 Å². The van der Waals surface area contributed by atoms with Gasteiger partial charge in [-0.25, -0.2) is 14.4 Å². The number of nitrogens with one attached hydrogen (secondary N) is 1. The highest BCUT2D eigenvalue weighted by Crippen LogP contribution is 2.27. The van der Waals surface area contributed by atoms with Gasteiger partial charge in [0.15, 0.2) is 11.7 Å². The van der Waals surface area contributed by atoms with Crippen LogP contribution >= 0.6 is 0 Å². The van der Waals surface area contributed by atoms with Crippen LogP contribution < -0.4 is 11.1 Å². The molecule has 6 heterocycles. The molecular weight excluding hydrogens is 825 g/mol. The summed E-state index contributed by atoms with van der Waals surface area (Å²) in [5, 5.41) is 13.0. The number of aryl methyl sites for hydroxylation is 2. The number of aromatic nitrogens is 1. The Labute approximate surface area is 373 Å². The second-order valence-corrected chi connectivity index (χ2v) is 17.9. The van der Waals surface area contributed by atoms with Gasteiger partial charge in [-0.05, 0) is 80.7 Å². The lowest BCUT2D eigenvalue weighted by Gasteiger charge is -2.43. The van der Waals surface area contributed by atoms with E-state index in [2.05, 4.69) is 10.2 Å². The topological polar surface area (TPSA) is 191 Å². The van der Waals surface area contributed by atoms with Crippen molar-refractivity contribution in [3.8, 4) is 0 Å². The normalized spacial score (nSPS) is 21.1. The van der Waals surface area contributed by atoms with Gasteiger partial charge in [0, 0.05) is 110 Å². The molecule has 64 heavy (non-hydrogen) atoms. The van der Waals surface area contributed by atoms with Crippen LogP contribution in [0, 0.1) is 6.92 Å². The largest absolute Gasteiger partial charge is 0.464 e. The number of hydrogen-bond acceptors (Lipinski definition) is 12. The van der Waals surface area contributed by atoms with E-state index in [1.165, 1.54) is 4.57 Å². The molecule has 2 atom stereocenters. The zero-order valence-corrected chi connectivity index (χ0v) is 37.1. The predicted molar refractivity (Wildman–Crippen MR) is 235 cm³/mol. The molecule has 18 nitrogen and oxygen atoms in total. The third-order valence-electron chi connectivity index (χ3n) is 13.8. The number of likely N-dealkylation sites (tertiary alicyclic amines) is 3. The van der Waals surface area contributed by atoms with Gasteiger partial charge in [0.1, 0.15) is 12.8 Å². The highest BCUT2D eigenvalue weighted by atomic mass is 16.6. The summed E-state index contributed by atoms with van der Waals surface area (Å²) in [4.78, 5) is 90.4. The van der Waals surface area contributed by atoms with Crippen molar-refractivity contribution in [2.45, 2.75) is 95.5 Å². The fraction of sp³-hybridized carbons (Fsp3) is 0.609. The molecule has 0 aliphatic carbocycles. The van der Waals surface area contributed by atoms with Crippen LogP contribution in [0.25, 0.3) is 11.1 Å². The van der Waals surface area contributed by atoms with Crippen molar-refractivity contribution in [2.24, 2.45) is 7.05 Å². The van der Waals surface area contributed by atoms with Crippen molar-refractivity contribution in [2.75, 3.05) is 83.9 Å². The molecule has 1 aromatic heterocycles. The first kappa shape index (κ1) is 45.1. The van der Waals surface area contributed by atoms with Crippen LogP contribution in [0.1, 0.15) is 68.1 Å². The molecular formula is C46H62N8O10. The second kappa shape index (κ2) is 20.2. The summed E-state index contributed by atoms with van der Waals surface area (Å²) in [5.41, 5.74) is 4.49. The Morgan fingerprint density at radius 1 is 0.844 bits per heavy atom. The average molecular weight is 887 g/mol. The summed E-state index contributed by atoms with van der Waals surface area (Å²) < 4.78 is 18.4. The quantitative estimate of drug-likeness (QED) is 0.254. The number of para-hydroxylation sites is 1. The number of amides is 5. The lowest BCUT2D eigenvalue weighted by Crippen LogP contribution is -2.56. The molecule has 2 N–H and O–H groups in total. The summed E-state index contributed by atoms with van der Waals surface area (Å²) >= 11 is 0. The molecule has 5 aliphatic rings. The van der Waals surface area contributed by atoms with Crippen molar-refractivity contribution in [1.29, 1.82) is 0 Å². The van der Waals surface area contributed by atoms with Crippen LogP contribution in [0.4, 0.5) is 15.3 Å². The minimum atomic E-state index is -1.12. The monoisotopic (exact) mass is 886 g/mol. The molecule has 0 saturated carbocycles. The minimum absolute atomic E-state index is 0.0224. The number of benzene rings is 2. The van der Waals surface area contributed by atoms with Gasteiger partial charge < -0.3 is 43.9 Å². The number of aliphatic hydroxyl groups excluding tert-OH is 1. The van der Waals surface area contributed by atoms with Gasteiger partial charge in [0.25, 0.3) is 5.91 Å². The van der Waals surface area contributed by atoms with Gasteiger partial charge >= 0.3 is 23.8 Å². The van der Waals surface area contributed by atoms with Crippen molar-refractivity contribution >= 4 is 46.7 Å². The average Bonchev–Trinajstić information content (AvgIpc) is 3.79. The third-order valence-corrected chi connectivity index (χ3v) is 13.8. The number of carbonyl (C=O) groups excluding carboxylic acids is 5. The number of piperazine rings is 1. The van der Waals surface area contributed by atoms with E-state index < -0.39 is 30.2 Å². The molecule has 5 aliphatic heterocycles. The minimum Gasteiger partial charge on any atom is -0.464 e. The number of nitrogens with zero attached hydrogens (tertiary/aromatic N) is 7. The number of anilines is 1. The number of ether oxygens (including phenoxy) is 2. The van der Waals surface area contributed by atoms with Crippen LogP contribution in [-0.2, 0) is 43.7 Å². The van der Waals surface area contributed by atoms with Gasteiger partial charge in [-0.1, -0.05) is 24.3 Å². The maximum Gasteiger partial charge on any atom is 0.419 e. The zero-order chi connectivity index (χ0) is 44.9. The van der Waals surface area contributed by atoms with E-state index in [0.717, 1.165) is 55.5 Å². The van der Waals surface area contributed by atoms with Crippen molar-refractivity contribution in [3.05, 3.63) is 63.6 Å². The number of hydrogen-bond donors (Lipinski definition) is 2. The van der Waals surface area contributed by atoms with Crippen molar-refractivity contribution in [3.63, 3.8) is 0 Å². The van der Waals surface area contributed by atoms with E-state index in [9.17, 15) is 33.9 Å². The maximum absolute atomic E-state index is 14.4. The summed E-state index contributed by atoms with van der Waals surface area (Å²) in [6.07, 6.45) is 3.04. The zero-order valence-electron chi connectivity index (χ0n) is 37.1. The van der Waals surface area contributed by atoms with Crippen LogP contribution in [0.5, 0.6) is 0 Å². The van der Waals surface area contributed by atoms with E-state index >= 15 is 0 Å². The summed E-state index contributed by atoms with van der Waals surface area (Å²) in [6, 6.07) is 11.5. The predicted octanol–water partition coefficient (Wildman–Crippen LogP) is 2.92. The Kier molecular flexibility index (Phi) is 14.2. The lowest BCUT2D eigenvalue weighted by molar-refractivity contribution is -0.147. The maximum atomic E-state index is 14.4. The SMILES string of the molecule is Cc1cc(C[C@@H](OC(=O)N2CCC(N3CCc4ccccc4NC3=O)CC2)C(=O)N2CCC(N3CCN(C(=O)CCC(=O)OCCN4CCCC4O)CC3)CC2)cc2oc(=O)n(C)c12. The Morgan fingerprint density at radius 3 is 2.30 bits per heavy atom. The summed E-state index contributed by atoms with van der Waals surface area (Å²) in [5.74, 6) is -1.25. The van der Waals surface area contributed by atoms with Gasteiger partial charge in [-0.3, -0.25) is 28.8 Å².